The van der Waals surface area contributed by atoms with Gasteiger partial charge in [0.1, 0.15) is 34.7 Å². The Kier molecular flexibility index (Phi) is 10.5. The lowest BCUT2D eigenvalue weighted by Gasteiger charge is -2.36. The van der Waals surface area contributed by atoms with Crippen LogP contribution in [0, 0.1) is 17.5 Å². The maximum atomic E-state index is 14.7. The molecule has 53 heavy (non-hydrogen) atoms. The summed E-state index contributed by atoms with van der Waals surface area (Å²) in [6.07, 6.45) is 0.696. The molecule has 2 unspecified atom stereocenters. The number of hydrogen-bond donors (Lipinski definition) is 7. The van der Waals surface area contributed by atoms with Crippen molar-refractivity contribution in [2.75, 3.05) is 26.2 Å². The highest BCUT2D eigenvalue weighted by Gasteiger charge is 2.43. The summed E-state index contributed by atoms with van der Waals surface area (Å²) in [4.78, 5) is 56.8. The molecule has 2 saturated heterocycles. The lowest BCUT2D eigenvalue weighted by Crippen LogP contribution is -2.56. The van der Waals surface area contributed by atoms with Gasteiger partial charge >= 0.3 is 25.1 Å². The van der Waals surface area contributed by atoms with Gasteiger partial charge in [-0.2, -0.15) is 0 Å². The standard InChI is InChI=1S/C33H32BClF3N5O10/c35-25-19(13-22(38)27(45)28(25)46)26(30(47)39-23-12-15-1-3-21(37)24(31(48)49)29(15)53-34(23)52)40-32(50)43-10-9-42(33(43)51)17-5-7-41(8-6-17)14-16-11-18(44)2-4-20(16)36/h1-4,11,13,17,23,26,44-46,52H,5-10,12,14H2,(H,39,47)(H,40,50)(H,48,49). The van der Waals surface area contributed by atoms with Crippen LogP contribution >= 0.6 is 11.6 Å². The molecule has 5 amide bonds. The van der Waals surface area contributed by atoms with E-state index in [0.29, 0.717) is 37.6 Å². The lowest BCUT2D eigenvalue weighted by atomic mass is 9.72. The van der Waals surface area contributed by atoms with Crippen molar-refractivity contribution in [2.45, 2.75) is 43.8 Å². The Morgan fingerprint density at radius 3 is 2.36 bits per heavy atom. The van der Waals surface area contributed by atoms with Crippen LogP contribution in [0.15, 0.2) is 36.4 Å². The number of nitrogens with zero attached hydrogens (tertiary/aromatic N) is 3. The van der Waals surface area contributed by atoms with E-state index in [1.165, 1.54) is 29.2 Å². The molecular weight excluding hydrogens is 730 g/mol. The first-order chi connectivity index (χ1) is 25.1. The zero-order valence-electron chi connectivity index (χ0n) is 27.6. The number of likely N-dealkylation sites (tertiary alicyclic amines) is 1. The number of rotatable bonds is 8. The molecule has 3 aromatic carbocycles. The van der Waals surface area contributed by atoms with E-state index in [1.807, 2.05) is 4.90 Å². The number of hydrogen-bond acceptors (Lipinski definition) is 10. The number of carboxylic acid groups (broad SMARTS) is 1. The summed E-state index contributed by atoms with van der Waals surface area (Å²) in [7, 11) is -1.93. The second kappa shape index (κ2) is 14.9. The number of carbonyl (C=O) groups is 4. The van der Waals surface area contributed by atoms with Crippen LogP contribution in [0.1, 0.15) is 45.9 Å². The van der Waals surface area contributed by atoms with Crippen LogP contribution in [-0.4, -0.2) is 109 Å². The number of piperidine rings is 1. The van der Waals surface area contributed by atoms with Crippen molar-refractivity contribution in [2.24, 2.45) is 0 Å². The third-order valence-corrected chi connectivity index (χ3v) is 9.89. The van der Waals surface area contributed by atoms with Gasteiger partial charge < -0.3 is 45.6 Å². The molecule has 3 heterocycles. The number of carboxylic acids is 1. The van der Waals surface area contributed by atoms with E-state index in [2.05, 4.69) is 10.6 Å². The van der Waals surface area contributed by atoms with Gasteiger partial charge in [0.05, 0.1) is 11.0 Å². The van der Waals surface area contributed by atoms with Crippen LogP contribution in [0.5, 0.6) is 23.0 Å². The van der Waals surface area contributed by atoms with E-state index in [1.54, 1.807) is 0 Å². The number of amides is 5. The van der Waals surface area contributed by atoms with Gasteiger partial charge in [-0.15, -0.1) is 0 Å². The fraction of sp³-hybridized carbons (Fsp3) is 0.333. The van der Waals surface area contributed by atoms with Gasteiger partial charge in [0.15, 0.2) is 17.3 Å². The number of imide groups is 1. The molecule has 0 radical (unpaired) electrons. The smallest absolute Gasteiger partial charge is 0.534 e. The first kappa shape index (κ1) is 37.4. The molecule has 2 atom stereocenters. The number of nitrogens with one attached hydrogen (secondary N) is 2. The number of phenolic OH excluding ortho intramolecular Hbond substituents is 3. The van der Waals surface area contributed by atoms with Crippen LogP contribution in [0.2, 0.25) is 5.02 Å². The maximum Gasteiger partial charge on any atom is 0.547 e. The van der Waals surface area contributed by atoms with Crippen LogP contribution in [0.25, 0.3) is 0 Å². The molecule has 7 N–H and O–H groups in total. The highest BCUT2D eigenvalue weighted by molar-refractivity contribution is 6.47. The van der Waals surface area contributed by atoms with E-state index >= 15 is 0 Å². The summed E-state index contributed by atoms with van der Waals surface area (Å²) in [5, 5.41) is 53.9. The summed E-state index contributed by atoms with van der Waals surface area (Å²) in [5.41, 5.74) is -0.948. The Morgan fingerprint density at radius 2 is 1.66 bits per heavy atom. The first-order valence-corrected chi connectivity index (χ1v) is 16.7. The number of aromatic carboxylic acids is 1. The summed E-state index contributed by atoms with van der Waals surface area (Å²) in [5.74, 6) is -10.0. The van der Waals surface area contributed by atoms with Crippen LogP contribution in [0.4, 0.5) is 22.8 Å². The molecule has 15 nitrogen and oxygen atoms in total. The van der Waals surface area contributed by atoms with E-state index in [-0.39, 0.29) is 43.4 Å². The molecule has 280 valence electrons. The van der Waals surface area contributed by atoms with Crippen molar-refractivity contribution >= 4 is 42.7 Å². The number of aromatic hydroxyl groups is 3. The van der Waals surface area contributed by atoms with Gasteiger partial charge in [-0.3, -0.25) is 9.69 Å². The molecule has 0 bridgehead atoms. The zero-order chi connectivity index (χ0) is 38.3. The third-order valence-electron chi connectivity index (χ3n) is 9.50. The molecule has 0 aliphatic carbocycles. The molecule has 2 fully saturated rings. The van der Waals surface area contributed by atoms with Gasteiger partial charge in [-0.25, -0.2) is 32.5 Å². The normalized spacial score (nSPS) is 18.4. The molecule has 0 saturated carbocycles. The lowest BCUT2D eigenvalue weighted by molar-refractivity contribution is -0.123. The number of urea groups is 2. The highest BCUT2D eigenvalue weighted by atomic mass is 35.5. The minimum atomic E-state index is -1.95. The van der Waals surface area contributed by atoms with Crippen molar-refractivity contribution in [3.8, 4) is 23.0 Å². The average Bonchev–Trinajstić information content (AvgIpc) is 3.51. The second-order valence-corrected chi connectivity index (χ2v) is 13.2. The summed E-state index contributed by atoms with van der Waals surface area (Å²) >= 11 is 6.19. The van der Waals surface area contributed by atoms with Crippen molar-refractivity contribution in [3.63, 3.8) is 0 Å². The Hall–Kier alpha value is -5.40. The van der Waals surface area contributed by atoms with Crippen LogP contribution in [-0.2, 0) is 17.8 Å². The van der Waals surface area contributed by atoms with Gasteiger partial charge in [0.25, 0.3) is 0 Å². The zero-order valence-corrected chi connectivity index (χ0v) is 28.3. The fourth-order valence-corrected chi connectivity index (χ4v) is 6.99. The Balaban J connectivity index is 1.16. The Morgan fingerprint density at radius 1 is 0.962 bits per heavy atom. The van der Waals surface area contributed by atoms with Gasteiger partial charge in [-0.1, -0.05) is 17.7 Å². The Bertz CT molecular complexity index is 1990. The molecule has 20 heteroatoms. The highest BCUT2D eigenvalue weighted by Crippen LogP contribution is 2.41. The number of carbonyl (C=O) groups excluding carboxylic acids is 3. The molecule has 6 rings (SSSR count). The molecule has 0 spiro atoms. The monoisotopic (exact) mass is 761 g/mol. The molecule has 3 aromatic rings. The minimum absolute atomic E-state index is 0.0630. The second-order valence-electron chi connectivity index (χ2n) is 12.8. The van der Waals surface area contributed by atoms with Crippen molar-refractivity contribution < 1.29 is 62.5 Å². The van der Waals surface area contributed by atoms with Gasteiger partial charge in [0, 0.05) is 49.9 Å². The largest absolute Gasteiger partial charge is 0.547 e. The first-order valence-electron chi connectivity index (χ1n) is 16.3. The van der Waals surface area contributed by atoms with E-state index < -0.39 is 93.9 Å². The van der Waals surface area contributed by atoms with Crippen molar-refractivity contribution in [3.05, 3.63) is 81.1 Å². The predicted octanol–water partition coefficient (Wildman–Crippen LogP) is 2.86. The average molecular weight is 762 g/mol. The Labute approximate surface area is 304 Å². The molecule has 0 aromatic heterocycles. The van der Waals surface area contributed by atoms with Crippen molar-refractivity contribution in [1.29, 1.82) is 0 Å². The summed E-state index contributed by atoms with van der Waals surface area (Å²) in [6.45, 7) is 1.24. The molecular formula is C33H32BClF3N5O10. The number of fused-ring (bicyclic) bond motifs is 1. The third kappa shape index (κ3) is 7.44. The minimum Gasteiger partial charge on any atom is -0.534 e. The topological polar surface area (TPSA) is 212 Å². The van der Waals surface area contributed by atoms with E-state index in [4.69, 9.17) is 16.3 Å². The van der Waals surface area contributed by atoms with Crippen LogP contribution in [0.3, 0.4) is 0 Å². The van der Waals surface area contributed by atoms with Gasteiger partial charge in [-0.05, 0) is 55.2 Å². The fourth-order valence-electron chi connectivity index (χ4n) is 6.74. The number of benzene rings is 3. The quantitative estimate of drug-likeness (QED) is 0.131. The van der Waals surface area contributed by atoms with E-state index in [0.717, 1.165) is 11.0 Å². The van der Waals surface area contributed by atoms with E-state index in [9.17, 15) is 57.8 Å². The molecule has 3 aliphatic rings. The number of phenols is 3. The summed E-state index contributed by atoms with van der Waals surface area (Å²) in [6, 6.07) is 2.38. The number of halogens is 4. The van der Waals surface area contributed by atoms with Gasteiger partial charge in [0.2, 0.25) is 5.91 Å². The SMILES string of the molecule is O=C(O)c1c(F)ccc2c1OB(O)C(NC(=O)C(NC(=O)N1CCN(C3CCN(Cc4cc(O)ccc4F)CC3)C1=O)c1cc(F)c(O)c(O)c1Cl)C2. The van der Waals surface area contributed by atoms with Crippen molar-refractivity contribution in [1.82, 2.24) is 25.3 Å². The summed E-state index contributed by atoms with van der Waals surface area (Å²) < 4.78 is 48.4. The van der Waals surface area contributed by atoms with Crippen LogP contribution < -0.4 is 15.3 Å². The molecule has 3 aliphatic heterocycles. The maximum absolute atomic E-state index is 14.7. The predicted molar refractivity (Wildman–Crippen MR) is 179 cm³/mol.